The first-order valence-electron chi connectivity index (χ1n) is 19.4. The van der Waals surface area contributed by atoms with E-state index >= 15 is 0 Å². The third-order valence-electron chi connectivity index (χ3n) is 11.2. The lowest BCUT2D eigenvalue weighted by Gasteiger charge is -2.34. The minimum atomic E-state index is -4.36. The smallest absolute Gasteiger partial charge is 0.402 e. The van der Waals surface area contributed by atoms with E-state index in [4.69, 9.17) is 8.92 Å². The van der Waals surface area contributed by atoms with Crippen LogP contribution in [0.4, 0.5) is 13.2 Å². The Kier molecular flexibility index (Phi) is 15.0. The number of rotatable bonds is 7. The van der Waals surface area contributed by atoms with Crippen molar-refractivity contribution in [3.8, 4) is 17.2 Å². The molecule has 0 N–H and O–H groups in total. The van der Waals surface area contributed by atoms with Crippen LogP contribution < -0.4 is 8.92 Å². The van der Waals surface area contributed by atoms with Gasteiger partial charge in [-0.05, 0) is 216 Å². The fourth-order valence-corrected chi connectivity index (χ4v) is 6.84. The number of benzene rings is 6. The summed E-state index contributed by atoms with van der Waals surface area (Å²) in [5.74, 6) is 2.44. The number of ether oxygens (including phenoxy) is 1. The highest BCUT2D eigenvalue weighted by Gasteiger charge is 2.53. The largest absolute Gasteiger partial charge is 0.457 e. The summed E-state index contributed by atoms with van der Waals surface area (Å²) in [6, 6.07) is 33.8. The molecule has 6 aromatic rings. The van der Waals surface area contributed by atoms with Crippen LogP contribution in [0.25, 0.3) is 0 Å². The summed E-state index contributed by atoms with van der Waals surface area (Å²) in [4.78, 5) is 0.696. The van der Waals surface area contributed by atoms with E-state index in [-0.39, 0.29) is 11.1 Å². The van der Waals surface area contributed by atoms with Crippen molar-refractivity contribution in [1.82, 2.24) is 0 Å². The maximum atomic E-state index is 13.9. The van der Waals surface area contributed by atoms with E-state index in [9.17, 15) is 17.4 Å². The molecule has 0 amide bonds. The van der Waals surface area contributed by atoms with E-state index in [0.29, 0.717) is 10.6 Å². The number of hydrogen-bond acceptors (Lipinski definition) is 3. The monoisotopic (exact) mass is 806 g/mol. The molecule has 0 aliphatic heterocycles. The Morgan fingerprint density at radius 3 is 1.05 bits per heavy atom. The Morgan fingerprint density at radius 1 is 0.397 bits per heavy atom. The quantitative estimate of drug-likeness (QED) is 0.161. The van der Waals surface area contributed by atoms with Gasteiger partial charge in [0.15, 0.2) is 0 Å². The van der Waals surface area contributed by atoms with Gasteiger partial charge in [-0.15, -0.1) is 0 Å². The Balaban J connectivity index is 0.000000194. The van der Waals surface area contributed by atoms with Crippen molar-refractivity contribution in [3.63, 3.8) is 0 Å². The predicted octanol–water partition coefficient (Wildman–Crippen LogP) is 14.5. The molecule has 306 valence electrons. The van der Waals surface area contributed by atoms with Gasteiger partial charge in [0.2, 0.25) is 11.1 Å². The fourth-order valence-electron chi connectivity index (χ4n) is 6.01. The summed E-state index contributed by atoms with van der Waals surface area (Å²) in [6.45, 7) is 25.3. The molecule has 3 nitrogen and oxygen atoms in total. The zero-order valence-corrected chi connectivity index (χ0v) is 37.0. The number of alkyl halides is 3. The third kappa shape index (κ3) is 11.3. The van der Waals surface area contributed by atoms with Gasteiger partial charge >= 0.3 is 6.18 Å². The van der Waals surface area contributed by atoms with Crippen molar-refractivity contribution in [1.29, 1.82) is 0 Å². The first-order valence-corrected chi connectivity index (χ1v) is 20.5. The number of aryl methyl sites for hydroxylation is 12. The van der Waals surface area contributed by atoms with Crippen LogP contribution >= 0.6 is 0 Å². The maximum Gasteiger partial charge on any atom is 0.402 e. The summed E-state index contributed by atoms with van der Waals surface area (Å²) in [6.07, 6.45) is -4.36. The highest BCUT2D eigenvalue weighted by atomic mass is 32.2. The summed E-state index contributed by atoms with van der Waals surface area (Å²) in [5, 5.41) is 0. The van der Waals surface area contributed by atoms with Gasteiger partial charge in [-0.1, -0.05) is 60.7 Å². The molecule has 0 saturated heterocycles. The molecular weight excluding hydrogens is 750 g/mol. The topological polar surface area (TPSA) is 35.5 Å². The summed E-state index contributed by atoms with van der Waals surface area (Å²) in [7, 11) is 0. The van der Waals surface area contributed by atoms with Crippen LogP contribution in [0.2, 0.25) is 0 Å². The van der Waals surface area contributed by atoms with Gasteiger partial charge < -0.3 is 8.92 Å². The van der Waals surface area contributed by atoms with Gasteiger partial charge in [-0.2, -0.15) is 13.2 Å². The maximum absolute atomic E-state index is 13.9. The Labute approximate surface area is 347 Å². The molecule has 0 bridgehead atoms. The Bertz CT molecular complexity index is 2310. The highest BCUT2D eigenvalue weighted by Crippen LogP contribution is 2.46. The Morgan fingerprint density at radius 2 is 0.707 bits per heavy atom. The molecule has 0 heterocycles. The van der Waals surface area contributed by atoms with Crippen molar-refractivity contribution in [2.45, 2.75) is 106 Å². The number of halogens is 3. The van der Waals surface area contributed by atoms with Gasteiger partial charge in [0.05, 0.1) is 4.90 Å². The molecule has 0 fully saturated rings. The average molecular weight is 807 g/mol. The second kappa shape index (κ2) is 19.1. The van der Waals surface area contributed by atoms with Crippen molar-refractivity contribution in [2.75, 3.05) is 0 Å². The standard InChI is InChI=1S/C19H21F3.C16H18O2S.C16H18O/c1-12-6-8-16(10-14(12)3)18(5,19(20,21)22)17-9-7-13(2)15(4)11-17;1-11-5-7-15(9-13(11)3)18-19(17)16-8-6-12(2)14(4)10-16;1-11-5-7-15(9-13(11)3)17-16-8-6-12(2)14(4)10-16/h6-11H,1-5H3;5-10H,1-4H3;5-10H,1-4H3. The molecule has 7 heteroatoms. The molecule has 0 spiro atoms. The molecule has 1 atom stereocenters. The average Bonchev–Trinajstić information content (AvgIpc) is 3.16. The molecule has 58 heavy (non-hydrogen) atoms. The second-order valence-electron chi connectivity index (χ2n) is 15.6. The van der Waals surface area contributed by atoms with Crippen LogP contribution in [0.3, 0.4) is 0 Å². The van der Waals surface area contributed by atoms with Crippen molar-refractivity contribution < 1.29 is 26.3 Å². The van der Waals surface area contributed by atoms with Crippen LogP contribution in [-0.4, -0.2) is 10.4 Å². The van der Waals surface area contributed by atoms with Gasteiger partial charge in [-0.25, -0.2) is 4.21 Å². The Hall–Kier alpha value is -5.14. The lowest BCUT2D eigenvalue weighted by Crippen LogP contribution is -2.40. The van der Waals surface area contributed by atoms with Crippen molar-refractivity contribution in [3.05, 3.63) is 187 Å². The molecule has 0 aliphatic carbocycles. The van der Waals surface area contributed by atoms with E-state index in [0.717, 1.165) is 44.9 Å². The second-order valence-corrected chi connectivity index (χ2v) is 16.7. The molecule has 6 rings (SSSR count). The molecule has 1 unspecified atom stereocenters. The SMILES string of the molecule is Cc1ccc(C(C)(c2ccc(C)c(C)c2)C(F)(F)F)cc1C.Cc1ccc(OS(=O)c2ccc(C)c(C)c2)cc1C.Cc1ccc(Oc2ccc(C)c(C)c2)cc1C. The van der Waals surface area contributed by atoms with E-state index in [2.05, 4.69) is 52.0 Å². The van der Waals surface area contributed by atoms with Crippen LogP contribution in [0.1, 0.15) is 84.8 Å². The van der Waals surface area contributed by atoms with Gasteiger partial charge in [0.1, 0.15) is 22.7 Å². The minimum absolute atomic E-state index is 0.284. The first-order chi connectivity index (χ1) is 27.1. The zero-order chi connectivity index (χ0) is 43.1. The van der Waals surface area contributed by atoms with E-state index in [1.165, 1.54) is 40.3 Å². The third-order valence-corrected chi connectivity index (χ3v) is 12.2. The summed E-state index contributed by atoms with van der Waals surface area (Å²) >= 11 is -1.47. The van der Waals surface area contributed by atoms with Gasteiger partial charge in [-0.3, -0.25) is 0 Å². The molecule has 0 saturated carbocycles. The van der Waals surface area contributed by atoms with E-state index in [1.807, 2.05) is 104 Å². The van der Waals surface area contributed by atoms with Gasteiger partial charge in [0, 0.05) is 0 Å². The molecule has 6 aromatic carbocycles. The first kappa shape index (κ1) is 45.6. The zero-order valence-electron chi connectivity index (χ0n) is 36.2. The van der Waals surface area contributed by atoms with Crippen LogP contribution in [0.15, 0.2) is 114 Å². The minimum Gasteiger partial charge on any atom is -0.457 e. The predicted molar refractivity (Wildman–Crippen MR) is 235 cm³/mol. The normalized spacial score (nSPS) is 11.8. The van der Waals surface area contributed by atoms with Crippen LogP contribution in [0.5, 0.6) is 17.2 Å². The van der Waals surface area contributed by atoms with Gasteiger partial charge in [0.25, 0.3) is 0 Å². The van der Waals surface area contributed by atoms with E-state index < -0.39 is 22.7 Å². The number of hydrogen-bond donors (Lipinski definition) is 0. The summed E-state index contributed by atoms with van der Waals surface area (Å²) < 4.78 is 65.3. The highest BCUT2D eigenvalue weighted by molar-refractivity contribution is 7.80. The van der Waals surface area contributed by atoms with Crippen molar-refractivity contribution >= 4 is 11.1 Å². The fraction of sp³-hybridized carbons (Fsp3) is 0.294. The lowest BCUT2D eigenvalue weighted by molar-refractivity contribution is -0.173. The molecule has 0 aromatic heterocycles. The van der Waals surface area contributed by atoms with Crippen LogP contribution in [-0.2, 0) is 16.5 Å². The molecule has 0 radical (unpaired) electrons. The van der Waals surface area contributed by atoms with Crippen LogP contribution in [0, 0.1) is 83.1 Å². The lowest BCUT2D eigenvalue weighted by atomic mass is 9.74. The molecule has 0 aliphatic rings. The van der Waals surface area contributed by atoms with Crippen molar-refractivity contribution in [2.24, 2.45) is 0 Å². The molecular formula is C51H57F3O3S. The summed E-state index contributed by atoms with van der Waals surface area (Å²) in [5.41, 5.74) is 12.0. The van der Waals surface area contributed by atoms with E-state index in [1.54, 1.807) is 36.4 Å².